The molecule has 0 radical (unpaired) electrons. The molecule has 0 aliphatic rings. The zero-order valence-corrected chi connectivity index (χ0v) is 15.1. The Bertz CT molecular complexity index is 912. The fourth-order valence-electron chi connectivity index (χ4n) is 2.23. The Morgan fingerprint density at radius 2 is 2.04 bits per heavy atom. The number of fused-ring (bicyclic) bond motifs is 1. The molecule has 0 aliphatic heterocycles. The number of hydrogen-bond donors (Lipinski definition) is 1. The highest BCUT2D eigenvalue weighted by Crippen LogP contribution is 2.32. The Balaban J connectivity index is 1.80. The van der Waals surface area contributed by atoms with Crippen LogP contribution < -0.4 is 10.2 Å². The van der Waals surface area contributed by atoms with Gasteiger partial charge in [0.1, 0.15) is 0 Å². The number of carbonyl (C=O) groups excluding carboxylic acids is 1. The van der Waals surface area contributed by atoms with Crippen LogP contribution in [0.25, 0.3) is 10.2 Å². The summed E-state index contributed by atoms with van der Waals surface area (Å²) in [5, 5.41) is 3.21. The van der Waals surface area contributed by atoms with E-state index < -0.39 is 5.76 Å². The van der Waals surface area contributed by atoms with Gasteiger partial charge in [-0.3, -0.25) is 10.1 Å². The number of benzene rings is 2. The van der Waals surface area contributed by atoms with Crippen LogP contribution in [0.15, 0.2) is 47.4 Å². The second-order valence-electron chi connectivity index (χ2n) is 5.43. The average Bonchev–Trinajstić information content (AvgIpc) is 2.95. The van der Waals surface area contributed by atoms with Gasteiger partial charge in [-0.1, -0.05) is 29.2 Å². The highest BCUT2D eigenvalue weighted by molar-refractivity contribution is 7.99. The normalized spacial score (nSPS) is 11.1. The Labute approximate surface area is 151 Å². The van der Waals surface area contributed by atoms with E-state index in [2.05, 4.69) is 10.3 Å². The number of thiazole rings is 1. The number of hydrogen-bond acceptors (Lipinski definition) is 5. The van der Waals surface area contributed by atoms with Gasteiger partial charge in [-0.2, -0.15) is 8.78 Å². The first-order chi connectivity index (χ1) is 11.9. The summed E-state index contributed by atoms with van der Waals surface area (Å²) < 4.78 is 25.7. The molecule has 3 rings (SSSR count). The number of anilines is 2. The molecule has 8 heteroatoms. The number of nitrogens with zero attached hydrogens (tertiary/aromatic N) is 2. The molecule has 0 spiro atoms. The largest absolute Gasteiger partial charge is 0.378 e. The molecule has 4 nitrogen and oxygen atoms in total. The van der Waals surface area contributed by atoms with Crippen molar-refractivity contribution in [1.82, 2.24) is 4.98 Å². The summed E-state index contributed by atoms with van der Waals surface area (Å²) in [5.74, 6) is -2.72. The van der Waals surface area contributed by atoms with E-state index in [-0.39, 0.29) is 5.91 Å². The molecule has 1 N–H and O–H groups in total. The van der Waals surface area contributed by atoms with Gasteiger partial charge in [0.2, 0.25) is 0 Å². The van der Waals surface area contributed by atoms with Crippen LogP contribution in [0.3, 0.4) is 0 Å². The zero-order valence-electron chi connectivity index (χ0n) is 13.5. The molecule has 0 saturated heterocycles. The summed E-state index contributed by atoms with van der Waals surface area (Å²) in [5.41, 5.74) is 2.12. The smallest absolute Gasteiger partial charge is 0.288 e. The van der Waals surface area contributed by atoms with Gasteiger partial charge in [0.25, 0.3) is 11.7 Å². The van der Waals surface area contributed by atoms with Crippen molar-refractivity contribution >= 4 is 50.0 Å². The van der Waals surface area contributed by atoms with Gasteiger partial charge in [0.15, 0.2) is 5.13 Å². The molecule has 0 atom stereocenters. The second kappa shape index (κ2) is 7.37. The number of nitrogens with one attached hydrogen (secondary N) is 1. The van der Waals surface area contributed by atoms with E-state index in [1.54, 1.807) is 30.3 Å². The minimum atomic E-state index is -2.46. The number of rotatable bonds is 5. The maximum atomic E-state index is 12.5. The minimum Gasteiger partial charge on any atom is -0.378 e. The third-order valence-electron chi connectivity index (χ3n) is 3.43. The summed E-state index contributed by atoms with van der Waals surface area (Å²) in [6.07, 6.45) is 0. The zero-order chi connectivity index (χ0) is 18.0. The van der Waals surface area contributed by atoms with Gasteiger partial charge in [-0.05, 0) is 36.4 Å². The Kier molecular flexibility index (Phi) is 5.19. The van der Waals surface area contributed by atoms with Crippen molar-refractivity contribution in [2.24, 2.45) is 0 Å². The lowest BCUT2D eigenvalue weighted by Crippen LogP contribution is -2.14. The fourth-order valence-corrected chi connectivity index (χ4v) is 3.74. The van der Waals surface area contributed by atoms with E-state index in [1.165, 1.54) is 11.3 Å². The molecule has 0 unspecified atom stereocenters. The molecule has 1 aromatic heterocycles. The monoisotopic (exact) mass is 379 g/mol. The SMILES string of the molecule is CN(C)c1cccc(C(=O)Nc2nc3ccc(SC(F)F)cc3s2)c1. The highest BCUT2D eigenvalue weighted by Gasteiger charge is 2.12. The molecule has 1 heterocycles. The van der Waals surface area contributed by atoms with Gasteiger partial charge in [0.05, 0.1) is 10.2 Å². The molecule has 25 heavy (non-hydrogen) atoms. The standard InChI is InChI=1S/C17H15F2N3OS2/c1-22(2)11-5-3-4-10(8-11)15(23)21-17-20-13-7-6-12(24-16(18)19)9-14(13)25-17/h3-9,16H,1-2H3,(H,20,21,23). The quantitative estimate of drug-likeness (QED) is 0.639. The first kappa shape index (κ1) is 17.6. The molecule has 0 aliphatic carbocycles. The second-order valence-corrected chi connectivity index (χ2v) is 7.52. The van der Waals surface area contributed by atoms with Gasteiger partial charge in [-0.15, -0.1) is 0 Å². The third-order valence-corrected chi connectivity index (χ3v) is 5.07. The molecule has 3 aromatic rings. The molecule has 1 amide bonds. The molecule has 0 bridgehead atoms. The maximum absolute atomic E-state index is 12.5. The van der Waals surface area contributed by atoms with Crippen LogP contribution in [-0.2, 0) is 0 Å². The van der Waals surface area contributed by atoms with Crippen LogP contribution in [0.5, 0.6) is 0 Å². The van der Waals surface area contributed by atoms with Crippen molar-refractivity contribution in [2.45, 2.75) is 10.7 Å². The molecule has 2 aromatic carbocycles. The van der Waals surface area contributed by atoms with Crippen molar-refractivity contribution in [3.63, 3.8) is 0 Å². The van der Waals surface area contributed by atoms with Crippen LogP contribution in [-0.4, -0.2) is 30.7 Å². The topological polar surface area (TPSA) is 45.2 Å². The van der Waals surface area contributed by atoms with E-state index in [0.717, 1.165) is 10.4 Å². The van der Waals surface area contributed by atoms with E-state index in [9.17, 15) is 13.6 Å². The minimum absolute atomic E-state index is 0.259. The first-order valence-corrected chi connectivity index (χ1v) is 9.06. The predicted octanol–water partition coefficient (Wildman–Crippen LogP) is 4.93. The number of aromatic nitrogens is 1. The first-order valence-electron chi connectivity index (χ1n) is 7.36. The number of alkyl halides is 2. The van der Waals surface area contributed by atoms with Crippen LogP contribution in [0, 0.1) is 0 Å². The third kappa shape index (κ3) is 4.26. The fraction of sp³-hybridized carbons (Fsp3) is 0.176. The number of carbonyl (C=O) groups is 1. The maximum Gasteiger partial charge on any atom is 0.288 e. The van der Waals surface area contributed by atoms with Gasteiger partial charge in [-0.25, -0.2) is 4.98 Å². The van der Waals surface area contributed by atoms with Crippen molar-refractivity contribution in [3.05, 3.63) is 48.0 Å². The van der Waals surface area contributed by atoms with E-state index in [1.807, 2.05) is 31.1 Å². The van der Waals surface area contributed by atoms with E-state index >= 15 is 0 Å². The lowest BCUT2D eigenvalue weighted by molar-refractivity contribution is 0.102. The van der Waals surface area contributed by atoms with E-state index in [4.69, 9.17) is 0 Å². The Morgan fingerprint density at radius 3 is 2.76 bits per heavy atom. The summed E-state index contributed by atoms with van der Waals surface area (Å²) in [6.45, 7) is 0. The lowest BCUT2D eigenvalue weighted by Gasteiger charge is -2.13. The van der Waals surface area contributed by atoms with Gasteiger partial charge in [0, 0.05) is 30.2 Å². The molecule has 0 fully saturated rings. The van der Waals surface area contributed by atoms with Crippen LogP contribution >= 0.6 is 23.1 Å². The van der Waals surface area contributed by atoms with Crippen molar-refractivity contribution in [1.29, 1.82) is 0 Å². The highest BCUT2D eigenvalue weighted by atomic mass is 32.2. The lowest BCUT2D eigenvalue weighted by atomic mass is 10.2. The Hall–Kier alpha value is -2.19. The van der Waals surface area contributed by atoms with Crippen molar-refractivity contribution in [3.8, 4) is 0 Å². The summed E-state index contributed by atoms with van der Waals surface area (Å²) >= 11 is 1.75. The Morgan fingerprint density at radius 1 is 1.24 bits per heavy atom. The van der Waals surface area contributed by atoms with Crippen LogP contribution in [0.4, 0.5) is 19.6 Å². The molecular weight excluding hydrogens is 364 g/mol. The summed E-state index contributed by atoms with van der Waals surface area (Å²) in [6, 6.07) is 12.2. The number of halogens is 2. The van der Waals surface area contributed by atoms with Gasteiger partial charge >= 0.3 is 0 Å². The summed E-state index contributed by atoms with van der Waals surface area (Å²) in [4.78, 5) is 19.1. The molecule has 130 valence electrons. The van der Waals surface area contributed by atoms with Crippen molar-refractivity contribution in [2.75, 3.05) is 24.3 Å². The van der Waals surface area contributed by atoms with Crippen LogP contribution in [0.1, 0.15) is 10.4 Å². The predicted molar refractivity (Wildman–Crippen MR) is 100 cm³/mol. The molecular formula is C17H15F2N3OS2. The number of thioether (sulfide) groups is 1. The number of amides is 1. The summed E-state index contributed by atoms with van der Waals surface area (Å²) in [7, 11) is 3.80. The average molecular weight is 379 g/mol. The van der Waals surface area contributed by atoms with Gasteiger partial charge < -0.3 is 4.90 Å². The van der Waals surface area contributed by atoms with Crippen LogP contribution in [0.2, 0.25) is 0 Å². The van der Waals surface area contributed by atoms with E-state index in [0.29, 0.717) is 32.9 Å². The van der Waals surface area contributed by atoms with Crippen molar-refractivity contribution < 1.29 is 13.6 Å². The molecule has 0 saturated carbocycles.